The summed E-state index contributed by atoms with van der Waals surface area (Å²) in [6.07, 6.45) is 28.5. The maximum absolute atomic E-state index is 11.5. The molecular weight excluding hydrogens is 375 g/mol. The normalized spacial score (nSPS) is 12.1. The molecule has 0 saturated heterocycles. The van der Waals surface area contributed by atoms with E-state index in [1.54, 1.807) is 0 Å². The molecule has 0 fully saturated rings. The van der Waals surface area contributed by atoms with Crippen LogP contribution in [0.1, 0.15) is 162 Å². The summed E-state index contributed by atoms with van der Waals surface area (Å²) in [6.45, 7) is 6.83. The highest BCUT2D eigenvalue weighted by molar-refractivity contribution is 7.17. The highest BCUT2D eigenvalue weighted by atomic mass is 31.1. The summed E-state index contributed by atoms with van der Waals surface area (Å²) in [4.78, 5) is 0. The summed E-state index contributed by atoms with van der Waals surface area (Å²) in [7, 11) is -0.604. The molecule has 0 amide bonds. The third kappa shape index (κ3) is 18.5. The van der Waals surface area contributed by atoms with E-state index in [4.69, 9.17) is 4.52 Å². The van der Waals surface area contributed by atoms with Crippen molar-refractivity contribution in [1.29, 1.82) is 0 Å². The molecule has 1 unspecified atom stereocenters. The van der Waals surface area contributed by atoms with Gasteiger partial charge in [0.15, 0.2) is 0 Å². The second-order valence-electron chi connectivity index (χ2n) is 9.28. The van der Waals surface area contributed by atoms with Crippen LogP contribution in [-0.2, 0) is 9.09 Å². The van der Waals surface area contributed by atoms with Gasteiger partial charge in [-0.2, -0.15) is 0 Å². The number of hydrogen-bond donors (Lipinski definition) is 0. The zero-order valence-corrected chi connectivity index (χ0v) is 21.4. The number of hydrogen-bond acceptors (Lipinski definition) is 2. The summed E-state index contributed by atoms with van der Waals surface area (Å²) in [5.41, 5.74) is -0.112. The molecule has 0 radical (unpaired) electrons. The minimum atomic E-state index is -0.604. The Balaban J connectivity index is 4.40. The molecule has 0 rings (SSSR count). The van der Waals surface area contributed by atoms with Crippen LogP contribution in [0.4, 0.5) is 0 Å². The van der Waals surface area contributed by atoms with Gasteiger partial charge in [0.05, 0.1) is 0 Å². The molecule has 0 aromatic rings. The van der Waals surface area contributed by atoms with E-state index in [1.807, 2.05) is 0 Å². The lowest BCUT2D eigenvalue weighted by molar-refractivity contribution is 0.0466. The van der Waals surface area contributed by atoms with Gasteiger partial charge in [0.2, 0.25) is 0 Å². The lowest BCUT2D eigenvalue weighted by Crippen LogP contribution is -2.30. The van der Waals surface area contributed by atoms with Crippen LogP contribution in [0.15, 0.2) is 0 Å². The average molecular weight is 430 g/mol. The summed E-state index contributed by atoms with van der Waals surface area (Å²) in [6, 6.07) is 0. The molecule has 0 aliphatic carbocycles. The van der Waals surface area contributed by atoms with Crippen LogP contribution < -0.4 is 0 Å². The molecule has 2 nitrogen and oxygen atoms in total. The first-order valence-electron chi connectivity index (χ1n) is 13.3. The maximum Gasteiger partial charge on any atom is 0.494 e. The molecular formula is C26H54O2P+. The Labute approximate surface area is 185 Å². The smallest absolute Gasteiger partial charge is 0.141 e. The fraction of sp³-hybridized carbons (Fsp3) is 1.00. The van der Waals surface area contributed by atoms with Gasteiger partial charge in [-0.1, -0.05) is 143 Å². The van der Waals surface area contributed by atoms with E-state index in [2.05, 4.69) is 20.8 Å². The fourth-order valence-electron chi connectivity index (χ4n) is 4.48. The van der Waals surface area contributed by atoms with Gasteiger partial charge in [-0.3, -0.25) is 0 Å². The van der Waals surface area contributed by atoms with E-state index in [-0.39, 0.29) is 5.60 Å². The van der Waals surface area contributed by atoms with E-state index < -0.39 is 8.69 Å². The van der Waals surface area contributed by atoms with Gasteiger partial charge in [-0.25, -0.2) is 0 Å². The Morgan fingerprint density at radius 2 is 0.759 bits per heavy atom. The van der Waals surface area contributed by atoms with Crippen molar-refractivity contribution in [2.75, 3.05) is 0 Å². The molecule has 29 heavy (non-hydrogen) atoms. The van der Waals surface area contributed by atoms with Gasteiger partial charge < -0.3 is 0 Å². The summed E-state index contributed by atoms with van der Waals surface area (Å²) in [5.74, 6) is 0. The average Bonchev–Trinajstić information content (AvgIpc) is 2.72. The molecule has 0 bridgehead atoms. The predicted molar refractivity (Wildman–Crippen MR) is 131 cm³/mol. The summed E-state index contributed by atoms with van der Waals surface area (Å²) in [5, 5.41) is 0. The van der Waals surface area contributed by atoms with Gasteiger partial charge in [-0.05, 0) is 23.8 Å². The van der Waals surface area contributed by atoms with Gasteiger partial charge in [0, 0.05) is 0 Å². The van der Waals surface area contributed by atoms with E-state index >= 15 is 0 Å². The molecule has 0 aromatic carbocycles. The molecule has 0 N–H and O–H groups in total. The largest absolute Gasteiger partial charge is 0.494 e. The lowest BCUT2D eigenvalue weighted by atomic mass is 9.85. The molecule has 0 aliphatic rings. The van der Waals surface area contributed by atoms with E-state index in [0.29, 0.717) is 0 Å². The van der Waals surface area contributed by atoms with Crippen LogP contribution in [0, 0.1) is 0 Å². The quantitative estimate of drug-likeness (QED) is 0.113. The predicted octanol–water partition coefficient (Wildman–Crippen LogP) is 10.3. The fourth-order valence-corrected chi connectivity index (χ4v) is 4.96. The highest BCUT2D eigenvalue weighted by Gasteiger charge is 2.34. The van der Waals surface area contributed by atoms with Gasteiger partial charge in [0.1, 0.15) is 5.60 Å². The summed E-state index contributed by atoms with van der Waals surface area (Å²) < 4.78 is 17.5. The minimum absolute atomic E-state index is 0.112. The molecule has 0 aliphatic heterocycles. The van der Waals surface area contributed by atoms with Crippen molar-refractivity contribution in [3.63, 3.8) is 0 Å². The number of rotatable bonds is 24. The molecule has 174 valence electrons. The molecule has 0 heterocycles. The Kier molecular flexibility index (Phi) is 22.8. The first-order valence-corrected chi connectivity index (χ1v) is 14.1. The Bertz CT molecular complexity index is 317. The third-order valence-electron chi connectivity index (χ3n) is 6.47. The van der Waals surface area contributed by atoms with Gasteiger partial charge in [-0.15, -0.1) is 4.52 Å². The van der Waals surface area contributed by atoms with Crippen LogP contribution in [-0.4, -0.2) is 5.60 Å². The SMILES string of the molecule is CCCCCCCCCC(CCCCCCCC)(CCCCCCCC)O[PH+]=O. The Morgan fingerprint density at radius 3 is 1.03 bits per heavy atom. The Morgan fingerprint density at radius 1 is 0.483 bits per heavy atom. The van der Waals surface area contributed by atoms with Crippen molar-refractivity contribution >= 4 is 8.69 Å². The first-order chi connectivity index (χ1) is 14.2. The van der Waals surface area contributed by atoms with Gasteiger partial charge >= 0.3 is 8.69 Å². The second kappa shape index (κ2) is 22.7. The number of unbranched alkanes of at least 4 members (excludes halogenated alkanes) is 16. The highest BCUT2D eigenvalue weighted by Crippen LogP contribution is 2.35. The maximum atomic E-state index is 11.5. The molecule has 0 saturated carbocycles. The van der Waals surface area contributed by atoms with Crippen LogP contribution >= 0.6 is 8.69 Å². The third-order valence-corrected chi connectivity index (χ3v) is 6.98. The van der Waals surface area contributed by atoms with Crippen molar-refractivity contribution in [1.82, 2.24) is 0 Å². The van der Waals surface area contributed by atoms with Crippen molar-refractivity contribution in [3.8, 4) is 0 Å². The summed E-state index contributed by atoms with van der Waals surface area (Å²) >= 11 is 0. The zero-order valence-electron chi connectivity index (χ0n) is 20.4. The van der Waals surface area contributed by atoms with Crippen molar-refractivity contribution in [3.05, 3.63) is 0 Å². The topological polar surface area (TPSA) is 26.3 Å². The minimum Gasteiger partial charge on any atom is -0.141 e. The van der Waals surface area contributed by atoms with Crippen LogP contribution in [0.25, 0.3) is 0 Å². The van der Waals surface area contributed by atoms with E-state index in [9.17, 15) is 4.57 Å². The van der Waals surface area contributed by atoms with Crippen molar-refractivity contribution in [2.45, 2.75) is 168 Å². The molecule has 1 atom stereocenters. The van der Waals surface area contributed by atoms with Crippen molar-refractivity contribution in [2.24, 2.45) is 0 Å². The van der Waals surface area contributed by atoms with Crippen LogP contribution in [0.3, 0.4) is 0 Å². The second-order valence-corrected chi connectivity index (χ2v) is 9.65. The van der Waals surface area contributed by atoms with Crippen LogP contribution in [0.2, 0.25) is 0 Å². The Hall–Kier alpha value is 0.0600. The lowest BCUT2D eigenvalue weighted by Gasteiger charge is -2.28. The molecule has 0 aromatic heterocycles. The first kappa shape index (κ1) is 29.1. The molecule has 0 spiro atoms. The van der Waals surface area contributed by atoms with Gasteiger partial charge in [0.25, 0.3) is 0 Å². The molecule has 3 heteroatoms. The van der Waals surface area contributed by atoms with E-state index in [1.165, 1.54) is 122 Å². The monoisotopic (exact) mass is 429 g/mol. The van der Waals surface area contributed by atoms with Crippen molar-refractivity contribution < 1.29 is 9.09 Å². The van der Waals surface area contributed by atoms with E-state index in [0.717, 1.165) is 19.3 Å². The standard InChI is InChI=1S/C26H54O2P/c1-4-7-10-13-16-19-22-25-26(28-29-27,23-20-17-14-11-8-5-2)24-21-18-15-12-9-6-3/h29H,4-25H2,1-3H3/q+1. The zero-order chi connectivity index (χ0) is 21.5. The van der Waals surface area contributed by atoms with Crippen LogP contribution in [0.5, 0.6) is 0 Å².